The predicted molar refractivity (Wildman–Crippen MR) is 113 cm³/mol. The zero-order valence-corrected chi connectivity index (χ0v) is 16.9. The minimum absolute atomic E-state index is 0.125. The van der Waals surface area contributed by atoms with Crippen molar-refractivity contribution >= 4 is 17.7 Å². The highest BCUT2D eigenvalue weighted by Gasteiger charge is 2.33. The van der Waals surface area contributed by atoms with Crippen molar-refractivity contribution in [1.82, 2.24) is 9.80 Å². The molecule has 2 aromatic carbocycles. The molecule has 3 nitrogen and oxygen atoms in total. The SMILES string of the molecule is O=C(CN1CCC(Cc2ccccc2)CC1)N1CCS[C@H]1c1ccccc1F. The number of hydrogen-bond acceptors (Lipinski definition) is 3. The van der Waals surface area contributed by atoms with E-state index in [0.29, 0.717) is 24.6 Å². The van der Waals surface area contributed by atoms with Gasteiger partial charge in [0.1, 0.15) is 11.2 Å². The molecular formula is C23H27FN2OS. The topological polar surface area (TPSA) is 23.6 Å². The van der Waals surface area contributed by atoms with Crippen LogP contribution in [0.15, 0.2) is 54.6 Å². The third-order valence-corrected chi connectivity index (χ3v) is 7.06. The fourth-order valence-corrected chi connectivity index (χ4v) is 5.54. The molecule has 2 aliphatic heterocycles. The first-order valence-electron chi connectivity index (χ1n) is 10.1. The van der Waals surface area contributed by atoms with Crippen LogP contribution in [0.4, 0.5) is 4.39 Å². The molecule has 2 fully saturated rings. The van der Waals surface area contributed by atoms with Gasteiger partial charge in [0.15, 0.2) is 0 Å². The normalized spacial score (nSPS) is 21.2. The summed E-state index contributed by atoms with van der Waals surface area (Å²) in [6.45, 7) is 3.08. The standard InChI is InChI=1S/C23H27FN2OS/c24-21-9-5-4-8-20(21)23-26(14-15-28-23)22(27)17-25-12-10-19(11-13-25)16-18-6-2-1-3-7-18/h1-9,19,23H,10-17H2/t23-/m0/s1. The minimum Gasteiger partial charge on any atom is -0.325 e. The third-order valence-electron chi connectivity index (χ3n) is 5.82. The minimum atomic E-state index is -0.221. The van der Waals surface area contributed by atoms with Crippen molar-refractivity contribution in [3.8, 4) is 0 Å². The number of halogens is 1. The summed E-state index contributed by atoms with van der Waals surface area (Å²) in [5.74, 6) is 1.47. The summed E-state index contributed by atoms with van der Waals surface area (Å²) in [7, 11) is 0. The number of hydrogen-bond donors (Lipinski definition) is 0. The van der Waals surface area contributed by atoms with Gasteiger partial charge in [0.2, 0.25) is 5.91 Å². The highest BCUT2D eigenvalue weighted by molar-refractivity contribution is 7.99. The molecule has 0 unspecified atom stereocenters. The molecule has 4 rings (SSSR count). The van der Waals surface area contributed by atoms with Crippen LogP contribution in [0, 0.1) is 11.7 Å². The zero-order chi connectivity index (χ0) is 19.3. The Hall–Kier alpha value is -1.85. The molecular weight excluding hydrogens is 371 g/mol. The summed E-state index contributed by atoms with van der Waals surface area (Å²) in [6.07, 6.45) is 3.39. The van der Waals surface area contributed by atoms with E-state index in [-0.39, 0.29) is 17.1 Å². The first-order chi connectivity index (χ1) is 13.7. The van der Waals surface area contributed by atoms with Crippen LogP contribution in [0.1, 0.15) is 29.3 Å². The Kier molecular flexibility index (Phi) is 6.33. The van der Waals surface area contributed by atoms with Crippen molar-refractivity contribution in [1.29, 1.82) is 0 Å². The van der Waals surface area contributed by atoms with E-state index >= 15 is 0 Å². The number of carbonyl (C=O) groups excluding carboxylic acids is 1. The molecule has 0 bridgehead atoms. The van der Waals surface area contributed by atoms with E-state index in [1.807, 2.05) is 11.0 Å². The third kappa shape index (κ3) is 4.58. The fourth-order valence-electron chi connectivity index (χ4n) is 4.24. The van der Waals surface area contributed by atoms with Crippen LogP contribution in [0.25, 0.3) is 0 Å². The van der Waals surface area contributed by atoms with Crippen LogP contribution in [-0.4, -0.2) is 47.6 Å². The molecule has 2 heterocycles. The Bertz CT molecular complexity index is 792. The van der Waals surface area contributed by atoms with Crippen LogP contribution in [0.3, 0.4) is 0 Å². The molecule has 1 amide bonds. The molecule has 2 aliphatic rings. The Morgan fingerprint density at radius 2 is 1.71 bits per heavy atom. The number of carbonyl (C=O) groups is 1. The lowest BCUT2D eigenvalue weighted by atomic mass is 9.90. The Morgan fingerprint density at radius 1 is 1.00 bits per heavy atom. The molecule has 0 N–H and O–H groups in total. The van der Waals surface area contributed by atoms with Crippen molar-refractivity contribution < 1.29 is 9.18 Å². The number of benzene rings is 2. The monoisotopic (exact) mass is 398 g/mol. The maximum absolute atomic E-state index is 14.2. The average Bonchev–Trinajstić information content (AvgIpc) is 3.20. The lowest BCUT2D eigenvalue weighted by Gasteiger charge is -2.33. The lowest BCUT2D eigenvalue weighted by Crippen LogP contribution is -2.43. The summed E-state index contributed by atoms with van der Waals surface area (Å²) in [5.41, 5.74) is 2.03. The second-order valence-electron chi connectivity index (χ2n) is 7.74. The molecule has 0 aliphatic carbocycles. The maximum atomic E-state index is 14.2. The van der Waals surface area contributed by atoms with Crippen LogP contribution < -0.4 is 0 Å². The van der Waals surface area contributed by atoms with Crippen molar-refractivity contribution in [2.45, 2.75) is 24.6 Å². The summed E-state index contributed by atoms with van der Waals surface area (Å²) < 4.78 is 14.2. The molecule has 28 heavy (non-hydrogen) atoms. The first-order valence-corrected chi connectivity index (χ1v) is 11.2. The molecule has 148 valence electrons. The maximum Gasteiger partial charge on any atom is 0.237 e. The molecule has 0 saturated carbocycles. The zero-order valence-electron chi connectivity index (χ0n) is 16.1. The number of thioether (sulfide) groups is 1. The van der Waals surface area contributed by atoms with Crippen LogP contribution in [-0.2, 0) is 11.2 Å². The van der Waals surface area contributed by atoms with Gasteiger partial charge in [0.25, 0.3) is 0 Å². The summed E-state index contributed by atoms with van der Waals surface area (Å²) in [5, 5.41) is -0.190. The van der Waals surface area contributed by atoms with Gasteiger partial charge in [-0.3, -0.25) is 9.69 Å². The van der Waals surface area contributed by atoms with Gasteiger partial charge in [0.05, 0.1) is 6.54 Å². The van der Waals surface area contributed by atoms with Gasteiger partial charge in [-0.25, -0.2) is 4.39 Å². The Labute approximate surface area is 170 Å². The van der Waals surface area contributed by atoms with Crippen LogP contribution >= 0.6 is 11.8 Å². The van der Waals surface area contributed by atoms with Gasteiger partial charge in [-0.1, -0.05) is 48.5 Å². The fraction of sp³-hybridized carbons (Fsp3) is 0.435. The molecule has 2 aromatic rings. The van der Waals surface area contributed by atoms with Crippen LogP contribution in [0.2, 0.25) is 0 Å². The van der Waals surface area contributed by atoms with Gasteiger partial charge in [-0.2, -0.15) is 0 Å². The Balaban J connectivity index is 1.30. The summed E-state index contributed by atoms with van der Waals surface area (Å²) in [4.78, 5) is 17.1. The van der Waals surface area contributed by atoms with Gasteiger partial charge < -0.3 is 4.90 Å². The summed E-state index contributed by atoms with van der Waals surface area (Å²) >= 11 is 1.66. The predicted octanol–water partition coefficient (Wildman–Crippen LogP) is 4.35. The quantitative estimate of drug-likeness (QED) is 0.748. The highest BCUT2D eigenvalue weighted by atomic mass is 32.2. The van der Waals surface area contributed by atoms with E-state index in [1.54, 1.807) is 23.9 Å². The van der Waals surface area contributed by atoms with E-state index in [1.165, 1.54) is 11.6 Å². The molecule has 5 heteroatoms. The van der Waals surface area contributed by atoms with Gasteiger partial charge in [0, 0.05) is 17.9 Å². The number of nitrogens with zero attached hydrogens (tertiary/aromatic N) is 2. The summed E-state index contributed by atoms with van der Waals surface area (Å²) in [6, 6.07) is 17.5. The Morgan fingerprint density at radius 3 is 2.46 bits per heavy atom. The smallest absolute Gasteiger partial charge is 0.237 e. The molecule has 0 spiro atoms. The average molecular weight is 399 g/mol. The lowest BCUT2D eigenvalue weighted by molar-refractivity contribution is -0.133. The van der Waals surface area contributed by atoms with Gasteiger partial charge in [-0.15, -0.1) is 11.8 Å². The number of rotatable bonds is 5. The second kappa shape index (κ2) is 9.10. The van der Waals surface area contributed by atoms with Crippen molar-refractivity contribution in [3.63, 3.8) is 0 Å². The molecule has 0 radical (unpaired) electrons. The van der Waals surface area contributed by atoms with Gasteiger partial charge >= 0.3 is 0 Å². The van der Waals surface area contributed by atoms with E-state index in [0.717, 1.165) is 38.1 Å². The van der Waals surface area contributed by atoms with E-state index < -0.39 is 0 Å². The van der Waals surface area contributed by atoms with E-state index in [9.17, 15) is 9.18 Å². The second-order valence-corrected chi connectivity index (χ2v) is 8.93. The molecule has 0 aromatic heterocycles. The first kappa shape index (κ1) is 19.5. The van der Waals surface area contributed by atoms with Crippen molar-refractivity contribution in [3.05, 3.63) is 71.5 Å². The van der Waals surface area contributed by atoms with E-state index in [4.69, 9.17) is 0 Å². The molecule has 1 atom stereocenters. The number of piperidine rings is 1. The largest absolute Gasteiger partial charge is 0.325 e. The van der Waals surface area contributed by atoms with Crippen molar-refractivity contribution in [2.75, 3.05) is 31.9 Å². The number of amides is 1. The van der Waals surface area contributed by atoms with E-state index in [2.05, 4.69) is 35.2 Å². The highest BCUT2D eigenvalue weighted by Crippen LogP contribution is 2.39. The number of likely N-dealkylation sites (tertiary alicyclic amines) is 1. The van der Waals surface area contributed by atoms with Crippen molar-refractivity contribution in [2.24, 2.45) is 5.92 Å². The van der Waals surface area contributed by atoms with Gasteiger partial charge in [-0.05, 0) is 49.9 Å². The molecule has 2 saturated heterocycles. The van der Waals surface area contributed by atoms with Crippen LogP contribution in [0.5, 0.6) is 0 Å².